The van der Waals surface area contributed by atoms with Crippen LogP contribution in [0.2, 0.25) is 0 Å². The number of thiophene rings is 1. The molecule has 2 aromatic heterocycles. The van der Waals surface area contributed by atoms with Gasteiger partial charge in [0.25, 0.3) is 0 Å². The molecule has 0 bridgehead atoms. The highest BCUT2D eigenvalue weighted by atomic mass is 32.1. The molecule has 1 unspecified atom stereocenters. The second kappa shape index (κ2) is 7.00. The van der Waals surface area contributed by atoms with E-state index in [1.807, 2.05) is 19.9 Å². The van der Waals surface area contributed by atoms with Crippen LogP contribution in [0.3, 0.4) is 0 Å². The Bertz CT molecular complexity index is 791. The van der Waals surface area contributed by atoms with E-state index in [4.69, 9.17) is 4.98 Å². The lowest BCUT2D eigenvalue weighted by Gasteiger charge is -2.38. The van der Waals surface area contributed by atoms with E-state index in [9.17, 15) is 5.11 Å². The van der Waals surface area contributed by atoms with E-state index < -0.39 is 5.60 Å². The fourth-order valence-corrected chi connectivity index (χ4v) is 4.65. The van der Waals surface area contributed by atoms with Gasteiger partial charge in [0.2, 0.25) is 5.95 Å². The lowest BCUT2D eigenvalue weighted by Crippen LogP contribution is -2.48. The van der Waals surface area contributed by atoms with E-state index in [0.717, 1.165) is 34.0 Å². The van der Waals surface area contributed by atoms with Crippen LogP contribution in [0.5, 0.6) is 0 Å². The summed E-state index contributed by atoms with van der Waals surface area (Å²) in [5.41, 5.74) is 1.26. The Labute approximate surface area is 159 Å². The lowest BCUT2D eigenvalue weighted by molar-refractivity contribution is 0.0818. The highest BCUT2D eigenvalue weighted by molar-refractivity contribution is 7.15. The molecule has 26 heavy (non-hydrogen) atoms. The van der Waals surface area contributed by atoms with E-state index in [2.05, 4.69) is 48.2 Å². The van der Waals surface area contributed by atoms with Gasteiger partial charge in [0.15, 0.2) is 0 Å². The summed E-state index contributed by atoms with van der Waals surface area (Å²) in [5.74, 6) is 0.649. The maximum absolute atomic E-state index is 10.00. The molecule has 1 saturated heterocycles. The van der Waals surface area contributed by atoms with Crippen molar-refractivity contribution in [2.24, 2.45) is 0 Å². The largest absolute Gasteiger partial charge is 0.390 e. The van der Waals surface area contributed by atoms with Gasteiger partial charge in [-0.25, -0.2) is 9.97 Å². The topological polar surface area (TPSA) is 70.1 Å². The van der Waals surface area contributed by atoms with E-state index in [0.29, 0.717) is 12.4 Å². The number of nitrogens with zero attached hydrogens (tertiary/aromatic N) is 2. The van der Waals surface area contributed by atoms with Gasteiger partial charge in [-0.1, -0.05) is 6.58 Å². The van der Waals surface area contributed by atoms with Crippen LogP contribution >= 0.6 is 11.3 Å². The molecule has 3 N–H and O–H groups in total. The van der Waals surface area contributed by atoms with Gasteiger partial charge in [0.1, 0.15) is 0 Å². The average molecular weight is 373 g/mol. The van der Waals surface area contributed by atoms with Crippen molar-refractivity contribution < 1.29 is 5.11 Å². The molecule has 1 atom stereocenters. The molecule has 6 heteroatoms. The molecule has 3 rings (SSSR count). The fourth-order valence-electron chi connectivity index (χ4n) is 3.45. The molecule has 0 radical (unpaired) electrons. The first kappa shape index (κ1) is 18.9. The molecule has 140 valence electrons. The highest BCUT2D eigenvalue weighted by Gasteiger charge is 2.29. The van der Waals surface area contributed by atoms with Crippen LogP contribution in [0.1, 0.15) is 45.4 Å². The van der Waals surface area contributed by atoms with Crippen molar-refractivity contribution in [2.45, 2.75) is 64.1 Å². The van der Waals surface area contributed by atoms with Gasteiger partial charge < -0.3 is 15.7 Å². The number of nitrogens with one attached hydrogen (secondary N) is 2. The Morgan fingerprint density at radius 1 is 1.38 bits per heavy atom. The second-order valence-corrected chi connectivity index (χ2v) is 9.55. The molecular formula is C20H28N4OS. The molecule has 0 spiro atoms. The Morgan fingerprint density at radius 2 is 2.15 bits per heavy atom. The zero-order valence-electron chi connectivity index (χ0n) is 16.0. The molecule has 1 fully saturated rings. The first-order chi connectivity index (χ1) is 12.1. The smallest absolute Gasteiger partial charge is 0.223 e. The zero-order valence-corrected chi connectivity index (χ0v) is 16.8. The first-order valence-electron chi connectivity index (χ1n) is 8.97. The van der Waals surface area contributed by atoms with Gasteiger partial charge in [0.05, 0.1) is 16.2 Å². The van der Waals surface area contributed by atoms with Gasteiger partial charge in [-0.05, 0) is 52.3 Å². The number of hydrogen-bond acceptors (Lipinski definition) is 6. The highest BCUT2D eigenvalue weighted by Crippen LogP contribution is 2.30. The van der Waals surface area contributed by atoms with E-state index >= 15 is 0 Å². The van der Waals surface area contributed by atoms with Gasteiger partial charge in [-0.2, -0.15) is 0 Å². The SMILES string of the molecule is C=C1CC(Nc2nccc(-c3ccc(CC(C)(C)O)s3)n2)CC(C)(C)N1. The normalized spacial score (nSPS) is 19.9. The molecular weight excluding hydrogens is 344 g/mol. The summed E-state index contributed by atoms with van der Waals surface area (Å²) in [4.78, 5) is 11.3. The van der Waals surface area contributed by atoms with Crippen molar-refractivity contribution in [1.82, 2.24) is 15.3 Å². The number of rotatable bonds is 5. The molecule has 1 aliphatic rings. The van der Waals surface area contributed by atoms with Crippen LogP contribution in [0.25, 0.3) is 10.6 Å². The van der Waals surface area contributed by atoms with Gasteiger partial charge >= 0.3 is 0 Å². The minimum absolute atomic E-state index is 0.0182. The number of hydrogen-bond donors (Lipinski definition) is 3. The van der Waals surface area contributed by atoms with Crippen molar-refractivity contribution in [3.63, 3.8) is 0 Å². The predicted octanol–water partition coefficient (Wildman–Crippen LogP) is 3.97. The molecule has 0 amide bonds. The van der Waals surface area contributed by atoms with E-state index in [1.165, 1.54) is 0 Å². The Balaban J connectivity index is 1.73. The zero-order chi connectivity index (χ0) is 18.9. The van der Waals surface area contributed by atoms with Crippen molar-refractivity contribution >= 4 is 17.3 Å². The van der Waals surface area contributed by atoms with Gasteiger partial charge in [-0.15, -0.1) is 11.3 Å². The second-order valence-electron chi connectivity index (χ2n) is 8.38. The third-order valence-corrected chi connectivity index (χ3v) is 5.38. The predicted molar refractivity (Wildman–Crippen MR) is 108 cm³/mol. The third-order valence-electron chi connectivity index (χ3n) is 4.27. The minimum atomic E-state index is -0.704. The number of aliphatic hydroxyl groups is 1. The maximum atomic E-state index is 10.00. The summed E-state index contributed by atoms with van der Waals surface area (Å²) >= 11 is 1.67. The summed E-state index contributed by atoms with van der Waals surface area (Å²) < 4.78 is 0. The summed E-state index contributed by atoms with van der Waals surface area (Å²) in [6, 6.07) is 6.32. The molecule has 0 aliphatic carbocycles. The van der Waals surface area contributed by atoms with Crippen LogP contribution in [0.4, 0.5) is 5.95 Å². The molecule has 0 aromatic carbocycles. The number of aromatic nitrogens is 2. The third kappa shape index (κ3) is 5.05. The molecule has 1 aliphatic heterocycles. The van der Waals surface area contributed by atoms with Crippen molar-refractivity contribution in [3.05, 3.63) is 41.5 Å². The lowest BCUT2D eigenvalue weighted by atomic mass is 9.88. The van der Waals surface area contributed by atoms with Gasteiger partial charge in [-0.3, -0.25) is 0 Å². The van der Waals surface area contributed by atoms with Crippen LogP contribution < -0.4 is 10.6 Å². The standard InChI is InChI=1S/C20H28N4OS/c1-13-10-14(11-19(2,3)24-13)22-18-21-9-8-16(23-18)17-7-6-15(26-17)12-20(4,5)25/h6-9,14,24-25H,1,10-12H2,2-5H3,(H,21,22,23). The molecule has 3 heterocycles. The van der Waals surface area contributed by atoms with Crippen molar-refractivity contribution in [1.29, 1.82) is 0 Å². The number of piperidine rings is 1. The first-order valence-corrected chi connectivity index (χ1v) is 9.78. The summed E-state index contributed by atoms with van der Waals surface area (Å²) in [7, 11) is 0. The van der Waals surface area contributed by atoms with Crippen LogP contribution in [0, 0.1) is 0 Å². The van der Waals surface area contributed by atoms with Crippen LogP contribution in [-0.4, -0.2) is 32.3 Å². The van der Waals surface area contributed by atoms with Crippen LogP contribution in [0.15, 0.2) is 36.7 Å². The minimum Gasteiger partial charge on any atom is -0.390 e. The average Bonchev–Trinajstić information content (AvgIpc) is 2.91. The summed E-state index contributed by atoms with van der Waals surface area (Å²) in [6.45, 7) is 12.1. The monoisotopic (exact) mass is 372 g/mol. The maximum Gasteiger partial charge on any atom is 0.223 e. The fraction of sp³-hybridized carbons (Fsp3) is 0.500. The van der Waals surface area contributed by atoms with E-state index in [-0.39, 0.29) is 11.6 Å². The molecule has 5 nitrogen and oxygen atoms in total. The van der Waals surface area contributed by atoms with Crippen LogP contribution in [-0.2, 0) is 6.42 Å². The van der Waals surface area contributed by atoms with Crippen molar-refractivity contribution in [3.8, 4) is 10.6 Å². The number of anilines is 1. The summed E-state index contributed by atoms with van der Waals surface area (Å²) in [5, 5.41) is 16.9. The molecule has 2 aromatic rings. The Kier molecular flexibility index (Phi) is 5.08. The Morgan fingerprint density at radius 3 is 2.85 bits per heavy atom. The van der Waals surface area contributed by atoms with Gasteiger partial charge in [0, 0.05) is 41.2 Å². The Hall–Kier alpha value is -1.92. The quantitative estimate of drug-likeness (QED) is 0.741. The van der Waals surface area contributed by atoms with Crippen molar-refractivity contribution in [2.75, 3.05) is 5.32 Å². The summed E-state index contributed by atoms with van der Waals surface area (Å²) in [6.07, 6.45) is 4.28. The van der Waals surface area contributed by atoms with E-state index in [1.54, 1.807) is 17.5 Å². The molecule has 0 saturated carbocycles.